The molecule has 23 heavy (non-hydrogen) atoms. The Morgan fingerprint density at radius 3 is 2.57 bits per heavy atom. The molecule has 0 fully saturated rings. The summed E-state index contributed by atoms with van der Waals surface area (Å²) in [5, 5.41) is 1.64. The van der Waals surface area contributed by atoms with Crippen molar-refractivity contribution in [3.63, 3.8) is 0 Å². The molecule has 3 aromatic rings. The van der Waals surface area contributed by atoms with Crippen molar-refractivity contribution in [2.75, 3.05) is 14.2 Å². The quantitative estimate of drug-likeness (QED) is 0.670. The molecule has 1 heterocycles. The van der Waals surface area contributed by atoms with Gasteiger partial charge < -0.3 is 9.47 Å². The average molecular weight is 326 g/mol. The van der Waals surface area contributed by atoms with Crippen molar-refractivity contribution in [2.45, 2.75) is 0 Å². The van der Waals surface area contributed by atoms with Crippen LogP contribution in [0, 0.1) is 0 Å². The zero-order valence-corrected chi connectivity index (χ0v) is 13.7. The van der Waals surface area contributed by atoms with E-state index in [9.17, 15) is 0 Å². The van der Waals surface area contributed by atoms with E-state index in [-0.39, 0.29) is 0 Å². The summed E-state index contributed by atoms with van der Waals surface area (Å²) < 4.78 is 10.7. The van der Waals surface area contributed by atoms with Crippen LogP contribution in [0.25, 0.3) is 23.1 Å². The van der Waals surface area contributed by atoms with Gasteiger partial charge in [-0.2, -0.15) is 0 Å². The fraction of sp³-hybridized carbons (Fsp3) is 0.105. The molecule has 0 N–H and O–H groups in total. The fourth-order valence-corrected chi connectivity index (χ4v) is 2.73. The normalized spacial score (nSPS) is 11.1. The first kappa shape index (κ1) is 15.4. The molecule has 0 unspecified atom stereocenters. The minimum absolute atomic E-state index is 0.688. The second-order valence-electron chi connectivity index (χ2n) is 4.96. The van der Waals surface area contributed by atoms with Crippen LogP contribution < -0.4 is 9.47 Å². The Bertz CT molecular complexity index is 874. The molecule has 0 bridgehead atoms. The summed E-state index contributed by atoms with van der Waals surface area (Å²) in [4.78, 5) is 4.61. The van der Waals surface area contributed by atoms with Crippen LogP contribution in [-0.2, 0) is 0 Å². The summed E-state index contributed by atoms with van der Waals surface area (Å²) in [6.45, 7) is 0. The summed E-state index contributed by atoms with van der Waals surface area (Å²) in [6, 6.07) is 15.4. The van der Waals surface area contributed by atoms with Crippen molar-refractivity contribution in [1.82, 2.24) is 4.98 Å². The Morgan fingerprint density at radius 2 is 1.78 bits per heavy atom. The molecule has 0 amide bonds. The van der Waals surface area contributed by atoms with Gasteiger partial charge in [0.15, 0.2) is 11.5 Å². The van der Waals surface area contributed by atoms with Gasteiger partial charge in [0.25, 0.3) is 0 Å². The molecule has 0 aliphatic carbocycles. The van der Waals surface area contributed by atoms with Gasteiger partial charge in [-0.25, -0.2) is 4.98 Å². The van der Waals surface area contributed by atoms with Gasteiger partial charge in [0, 0.05) is 10.9 Å². The zero-order chi connectivity index (χ0) is 16.2. The molecule has 0 spiro atoms. The van der Waals surface area contributed by atoms with E-state index in [1.807, 2.05) is 60.7 Å². The highest BCUT2D eigenvalue weighted by molar-refractivity contribution is 6.35. The van der Waals surface area contributed by atoms with Crippen LogP contribution in [0.5, 0.6) is 11.5 Å². The fourth-order valence-electron chi connectivity index (χ4n) is 2.46. The maximum absolute atomic E-state index is 6.33. The lowest BCUT2D eigenvalue weighted by atomic mass is 10.1. The number of rotatable bonds is 4. The van der Waals surface area contributed by atoms with Crippen LogP contribution in [-0.4, -0.2) is 19.2 Å². The maximum atomic E-state index is 6.33. The van der Waals surface area contributed by atoms with Gasteiger partial charge in [0.1, 0.15) is 0 Å². The Balaban J connectivity index is 2.01. The number of para-hydroxylation sites is 2. The van der Waals surface area contributed by atoms with Gasteiger partial charge >= 0.3 is 0 Å². The molecular formula is C19H16ClNO2. The number of nitrogens with zero attached hydrogens (tertiary/aromatic N) is 1. The smallest absolute Gasteiger partial charge is 0.167 e. The monoisotopic (exact) mass is 325 g/mol. The van der Waals surface area contributed by atoms with Gasteiger partial charge in [0.2, 0.25) is 0 Å². The molecule has 0 aliphatic rings. The first-order valence-electron chi connectivity index (χ1n) is 7.17. The van der Waals surface area contributed by atoms with E-state index in [1.54, 1.807) is 14.2 Å². The van der Waals surface area contributed by atoms with Crippen LogP contribution in [0.2, 0.25) is 5.02 Å². The van der Waals surface area contributed by atoms with Crippen LogP contribution in [0.1, 0.15) is 11.3 Å². The molecule has 0 radical (unpaired) electrons. The highest BCUT2D eigenvalue weighted by Gasteiger charge is 2.07. The molecule has 3 nitrogen and oxygen atoms in total. The third-order valence-corrected chi connectivity index (χ3v) is 3.87. The predicted molar refractivity (Wildman–Crippen MR) is 95.2 cm³/mol. The minimum Gasteiger partial charge on any atom is -0.493 e. The maximum Gasteiger partial charge on any atom is 0.167 e. The second kappa shape index (κ2) is 6.71. The van der Waals surface area contributed by atoms with Crippen molar-refractivity contribution in [3.05, 3.63) is 64.8 Å². The molecule has 4 heteroatoms. The Hall–Kier alpha value is -2.52. The third-order valence-electron chi connectivity index (χ3n) is 3.55. The zero-order valence-electron chi connectivity index (χ0n) is 12.9. The lowest BCUT2D eigenvalue weighted by Crippen LogP contribution is -1.92. The van der Waals surface area contributed by atoms with Crippen molar-refractivity contribution < 1.29 is 9.47 Å². The minimum atomic E-state index is 0.688. The standard InChI is InChI=1S/C19H16ClNO2/c1-22-18-9-5-6-13(19(18)23-2)10-11-14-12-16(20)15-7-3-4-8-17(15)21-14/h3-12H,1-2H3/b11-10+. The molecule has 116 valence electrons. The Labute approximate surface area is 140 Å². The molecule has 2 aromatic carbocycles. The summed E-state index contributed by atoms with van der Waals surface area (Å²) in [6.07, 6.45) is 3.85. The lowest BCUT2D eigenvalue weighted by molar-refractivity contribution is 0.354. The van der Waals surface area contributed by atoms with Gasteiger partial charge in [-0.3, -0.25) is 0 Å². The highest BCUT2D eigenvalue weighted by atomic mass is 35.5. The third kappa shape index (κ3) is 3.15. The van der Waals surface area contributed by atoms with E-state index in [2.05, 4.69) is 4.98 Å². The number of benzene rings is 2. The van der Waals surface area contributed by atoms with Gasteiger partial charge in [0.05, 0.1) is 30.5 Å². The van der Waals surface area contributed by atoms with Crippen LogP contribution >= 0.6 is 11.6 Å². The number of fused-ring (bicyclic) bond motifs is 1. The van der Waals surface area contributed by atoms with Crippen molar-refractivity contribution in [2.24, 2.45) is 0 Å². The summed E-state index contributed by atoms with van der Waals surface area (Å²) in [7, 11) is 3.25. The van der Waals surface area contributed by atoms with E-state index in [4.69, 9.17) is 21.1 Å². The number of pyridine rings is 1. The van der Waals surface area contributed by atoms with E-state index in [1.165, 1.54) is 0 Å². The van der Waals surface area contributed by atoms with Crippen LogP contribution in [0.15, 0.2) is 48.5 Å². The summed E-state index contributed by atoms with van der Waals surface area (Å²) in [5.74, 6) is 1.39. The van der Waals surface area contributed by atoms with Crippen molar-refractivity contribution in [1.29, 1.82) is 0 Å². The lowest BCUT2D eigenvalue weighted by Gasteiger charge is -2.09. The van der Waals surface area contributed by atoms with Crippen LogP contribution in [0.3, 0.4) is 0 Å². The Morgan fingerprint density at radius 1 is 0.957 bits per heavy atom. The SMILES string of the molecule is COc1cccc(/C=C/c2cc(Cl)c3ccccc3n2)c1OC. The topological polar surface area (TPSA) is 31.4 Å². The second-order valence-corrected chi connectivity index (χ2v) is 5.37. The predicted octanol–water partition coefficient (Wildman–Crippen LogP) is 5.08. The van der Waals surface area contributed by atoms with Gasteiger partial charge in [-0.15, -0.1) is 0 Å². The number of halogens is 1. The van der Waals surface area contributed by atoms with Crippen molar-refractivity contribution >= 4 is 34.7 Å². The van der Waals surface area contributed by atoms with E-state index in [0.717, 1.165) is 22.2 Å². The number of hydrogen-bond donors (Lipinski definition) is 0. The highest BCUT2D eigenvalue weighted by Crippen LogP contribution is 2.32. The number of hydrogen-bond acceptors (Lipinski definition) is 3. The van der Waals surface area contributed by atoms with E-state index >= 15 is 0 Å². The molecule has 0 saturated carbocycles. The average Bonchev–Trinajstić information content (AvgIpc) is 2.59. The largest absolute Gasteiger partial charge is 0.493 e. The molecule has 0 aliphatic heterocycles. The molecule has 0 saturated heterocycles. The number of methoxy groups -OCH3 is 2. The summed E-state index contributed by atoms with van der Waals surface area (Å²) in [5.41, 5.74) is 2.58. The van der Waals surface area contributed by atoms with Crippen LogP contribution in [0.4, 0.5) is 0 Å². The Kier molecular flexibility index (Phi) is 4.49. The number of aromatic nitrogens is 1. The molecular weight excluding hydrogens is 310 g/mol. The molecule has 0 atom stereocenters. The molecule has 3 rings (SSSR count). The van der Waals surface area contributed by atoms with E-state index in [0.29, 0.717) is 16.5 Å². The number of ether oxygens (including phenoxy) is 2. The first-order valence-corrected chi connectivity index (χ1v) is 7.55. The summed E-state index contributed by atoms with van der Waals surface area (Å²) >= 11 is 6.33. The first-order chi connectivity index (χ1) is 11.2. The molecule has 1 aromatic heterocycles. The van der Waals surface area contributed by atoms with Gasteiger partial charge in [-0.1, -0.05) is 41.9 Å². The van der Waals surface area contributed by atoms with Gasteiger partial charge in [-0.05, 0) is 30.4 Å². The van der Waals surface area contributed by atoms with Crippen molar-refractivity contribution in [3.8, 4) is 11.5 Å². The van der Waals surface area contributed by atoms with E-state index < -0.39 is 0 Å².